The maximum absolute atomic E-state index is 12.3. The molecule has 0 bridgehead atoms. The second-order valence-corrected chi connectivity index (χ2v) is 4.17. The quantitative estimate of drug-likeness (QED) is 0.829. The number of hydrogen-bond acceptors (Lipinski definition) is 3. The predicted octanol–water partition coefficient (Wildman–Crippen LogP) is 1.45. The monoisotopic (exact) mass is 287 g/mol. The summed E-state index contributed by atoms with van der Waals surface area (Å²) in [5.74, 6) is -2.95. The summed E-state index contributed by atoms with van der Waals surface area (Å²) in [7, 11) is 0. The molecule has 0 aliphatic heterocycles. The molecule has 7 heteroatoms. The second-order valence-electron chi connectivity index (χ2n) is 3.73. The van der Waals surface area contributed by atoms with Gasteiger partial charge in [0.15, 0.2) is 5.78 Å². The van der Waals surface area contributed by atoms with E-state index in [1.165, 1.54) is 24.3 Å². The summed E-state index contributed by atoms with van der Waals surface area (Å²) in [4.78, 5) is 33.5. The minimum atomic E-state index is -1.38. The van der Waals surface area contributed by atoms with Gasteiger partial charge in [0, 0.05) is 10.6 Å². The van der Waals surface area contributed by atoms with Crippen LogP contribution in [0, 0.1) is 0 Å². The van der Waals surface area contributed by atoms with Crippen LogP contribution in [-0.2, 0) is 9.59 Å². The van der Waals surface area contributed by atoms with Crippen molar-refractivity contribution >= 4 is 29.3 Å². The number of Topliss-reactive ketones (excluding diaryl/α,β-unsaturated/α-hetero) is 1. The molecule has 0 fully saturated rings. The number of carboxylic acid groups (broad SMARTS) is 1. The van der Waals surface area contributed by atoms with Gasteiger partial charge < -0.3 is 10.4 Å². The first-order chi connectivity index (χ1) is 8.93. The lowest BCUT2D eigenvalue weighted by atomic mass is 10.1. The molecule has 0 aromatic heterocycles. The molecular formula is C12H11ClFNO4. The first-order valence-corrected chi connectivity index (χ1v) is 5.68. The molecule has 102 valence electrons. The van der Waals surface area contributed by atoms with Crippen LogP contribution in [0.1, 0.15) is 16.8 Å². The van der Waals surface area contributed by atoms with Crippen molar-refractivity contribution in [1.29, 1.82) is 0 Å². The van der Waals surface area contributed by atoms with E-state index in [-0.39, 0.29) is 5.56 Å². The molecule has 1 amide bonds. The van der Waals surface area contributed by atoms with Crippen molar-refractivity contribution in [3.05, 3.63) is 34.9 Å². The molecule has 1 atom stereocenters. The van der Waals surface area contributed by atoms with Crippen molar-refractivity contribution in [2.45, 2.75) is 12.5 Å². The molecule has 0 heterocycles. The van der Waals surface area contributed by atoms with E-state index in [9.17, 15) is 18.8 Å². The molecule has 0 spiro atoms. The minimum Gasteiger partial charge on any atom is -0.481 e. The molecule has 2 N–H and O–H groups in total. The van der Waals surface area contributed by atoms with Crippen LogP contribution in [-0.4, -0.2) is 35.5 Å². The fourth-order valence-electron chi connectivity index (χ4n) is 1.36. The van der Waals surface area contributed by atoms with Crippen molar-refractivity contribution in [1.82, 2.24) is 5.32 Å². The van der Waals surface area contributed by atoms with E-state index in [0.717, 1.165) is 0 Å². The number of carbonyl (C=O) groups excluding carboxylic acids is 2. The summed E-state index contributed by atoms with van der Waals surface area (Å²) >= 11 is 5.65. The highest BCUT2D eigenvalue weighted by Crippen LogP contribution is 2.10. The van der Waals surface area contributed by atoms with Crippen LogP contribution in [0.25, 0.3) is 0 Å². The Hall–Kier alpha value is -1.95. The van der Waals surface area contributed by atoms with Gasteiger partial charge in [-0.15, -0.1) is 0 Å². The predicted molar refractivity (Wildman–Crippen MR) is 65.9 cm³/mol. The minimum absolute atomic E-state index is 0.200. The van der Waals surface area contributed by atoms with E-state index < -0.39 is 36.8 Å². The fraction of sp³-hybridized carbons (Fsp3) is 0.250. The first-order valence-electron chi connectivity index (χ1n) is 5.31. The van der Waals surface area contributed by atoms with Crippen molar-refractivity contribution in [3.63, 3.8) is 0 Å². The molecule has 19 heavy (non-hydrogen) atoms. The molecular weight excluding hydrogens is 277 g/mol. The topological polar surface area (TPSA) is 83.5 Å². The van der Waals surface area contributed by atoms with Crippen LogP contribution >= 0.6 is 11.6 Å². The highest BCUT2D eigenvalue weighted by Gasteiger charge is 2.23. The standard InChI is InChI=1S/C12H11ClFNO4/c13-8-3-1-7(2-4-8)12(19)15-9(5-11(17)18)10(16)6-14/h1-4,9H,5-6H2,(H,15,19)(H,17,18). The zero-order valence-electron chi connectivity index (χ0n) is 9.73. The Kier molecular flexibility index (Phi) is 5.44. The number of ketones is 1. The smallest absolute Gasteiger partial charge is 0.305 e. The largest absolute Gasteiger partial charge is 0.481 e. The molecule has 0 saturated carbocycles. The lowest BCUT2D eigenvalue weighted by Gasteiger charge is -2.14. The number of hydrogen-bond donors (Lipinski definition) is 2. The van der Waals surface area contributed by atoms with E-state index in [2.05, 4.69) is 5.32 Å². The number of aliphatic carboxylic acids is 1. The van der Waals surface area contributed by atoms with Crippen molar-refractivity contribution in [3.8, 4) is 0 Å². The number of carbonyl (C=O) groups is 3. The molecule has 1 unspecified atom stereocenters. The summed E-state index contributed by atoms with van der Waals surface area (Å²) < 4.78 is 12.3. The van der Waals surface area contributed by atoms with Gasteiger partial charge in [-0.1, -0.05) is 11.6 Å². The summed E-state index contributed by atoms with van der Waals surface area (Å²) in [6, 6.07) is 4.38. The van der Waals surface area contributed by atoms with E-state index in [4.69, 9.17) is 16.7 Å². The Bertz CT molecular complexity index is 489. The SMILES string of the molecule is O=C(O)CC(NC(=O)c1ccc(Cl)cc1)C(=O)CF. The number of halogens is 2. The van der Waals surface area contributed by atoms with Gasteiger partial charge in [-0.3, -0.25) is 14.4 Å². The third kappa shape index (κ3) is 4.67. The molecule has 0 radical (unpaired) electrons. The zero-order valence-corrected chi connectivity index (χ0v) is 10.5. The van der Waals surface area contributed by atoms with Gasteiger partial charge in [-0.25, -0.2) is 4.39 Å². The number of nitrogens with one attached hydrogen (secondary N) is 1. The molecule has 0 aliphatic rings. The van der Waals surface area contributed by atoms with Gasteiger partial charge in [0.2, 0.25) is 0 Å². The van der Waals surface area contributed by atoms with Crippen LogP contribution in [0.3, 0.4) is 0 Å². The number of amides is 1. The number of benzene rings is 1. The third-order valence-electron chi connectivity index (χ3n) is 2.31. The van der Waals surface area contributed by atoms with Gasteiger partial charge in [0.25, 0.3) is 5.91 Å². The number of rotatable bonds is 6. The Morgan fingerprint density at radius 1 is 1.26 bits per heavy atom. The Morgan fingerprint density at radius 2 is 1.84 bits per heavy atom. The molecule has 1 aromatic carbocycles. The van der Waals surface area contributed by atoms with Crippen molar-refractivity contribution in [2.75, 3.05) is 6.67 Å². The van der Waals surface area contributed by atoms with Crippen LogP contribution in [0.2, 0.25) is 5.02 Å². The van der Waals surface area contributed by atoms with Gasteiger partial charge in [0.05, 0.1) is 6.42 Å². The van der Waals surface area contributed by atoms with Gasteiger partial charge in [-0.05, 0) is 24.3 Å². The first kappa shape index (κ1) is 15.1. The molecule has 1 rings (SSSR count). The normalized spacial score (nSPS) is 11.7. The van der Waals surface area contributed by atoms with E-state index in [1.54, 1.807) is 0 Å². The van der Waals surface area contributed by atoms with E-state index in [0.29, 0.717) is 5.02 Å². The zero-order chi connectivity index (χ0) is 14.4. The molecule has 0 aliphatic carbocycles. The van der Waals surface area contributed by atoms with Crippen LogP contribution < -0.4 is 5.32 Å². The van der Waals surface area contributed by atoms with Gasteiger partial charge >= 0.3 is 5.97 Å². The highest BCUT2D eigenvalue weighted by atomic mass is 35.5. The lowest BCUT2D eigenvalue weighted by molar-refractivity contribution is -0.139. The summed E-state index contributed by atoms with van der Waals surface area (Å²) in [5, 5.41) is 11.2. The Labute approximate surface area is 113 Å². The van der Waals surface area contributed by atoms with Crippen LogP contribution in [0.4, 0.5) is 4.39 Å². The second kappa shape index (κ2) is 6.84. The summed E-state index contributed by atoms with van der Waals surface area (Å²) in [6.45, 7) is -1.33. The number of alkyl halides is 1. The average Bonchev–Trinajstić information content (AvgIpc) is 2.37. The maximum atomic E-state index is 12.3. The van der Waals surface area contributed by atoms with Crippen LogP contribution in [0.5, 0.6) is 0 Å². The van der Waals surface area contributed by atoms with Gasteiger partial charge in [-0.2, -0.15) is 0 Å². The van der Waals surface area contributed by atoms with E-state index >= 15 is 0 Å². The third-order valence-corrected chi connectivity index (χ3v) is 2.56. The molecule has 1 aromatic rings. The maximum Gasteiger partial charge on any atom is 0.305 e. The molecule has 5 nitrogen and oxygen atoms in total. The Balaban J connectivity index is 2.78. The molecule has 0 saturated heterocycles. The lowest BCUT2D eigenvalue weighted by Crippen LogP contribution is -2.43. The van der Waals surface area contributed by atoms with Crippen LogP contribution in [0.15, 0.2) is 24.3 Å². The van der Waals surface area contributed by atoms with Gasteiger partial charge in [0.1, 0.15) is 12.7 Å². The average molecular weight is 288 g/mol. The Morgan fingerprint density at radius 3 is 2.32 bits per heavy atom. The number of carboxylic acids is 1. The summed E-state index contributed by atoms with van der Waals surface area (Å²) in [5.41, 5.74) is 0.200. The van der Waals surface area contributed by atoms with Crippen molar-refractivity contribution < 1.29 is 23.9 Å². The van der Waals surface area contributed by atoms with Crippen molar-refractivity contribution in [2.24, 2.45) is 0 Å². The van der Waals surface area contributed by atoms with E-state index in [1.807, 2.05) is 0 Å². The fourth-order valence-corrected chi connectivity index (χ4v) is 1.48. The summed E-state index contributed by atoms with van der Waals surface area (Å²) in [6.07, 6.45) is -0.665. The highest BCUT2D eigenvalue weighted by molar-refractivity contribution is 6.30.